The summed E-state index contributed by atoms with van der Waals surface area (Å²) >= 11 is 12.6. The van der Waals surface area contributed by atoms with Crippen LogP contribution in [0.3, 0.4) is 0 Å². The number of para-hydroxylation sites is 2. The molecule has 0 radical (unpaired) electrons. The standard InChI is InChI=1S/C24H18Cl2N2O4/c1-14-21(23(28-32-14)22-17(25)6-5-7-18(22)26)24(29)27-15-10-12-16(13-11-15)31-20-9-4-3-8-19(20)30-2/h3-13H,1-2H3,(H,27,29). The summed E-state index contributed by atoms with van der Waals surface area (Å²) in [4.78, 5) is 13.0. The molecular formula is C24H18Cl2N2O4. The number of carbonyl (C=O) groups is 1. The van der Waals surface area contributed by atoms with Crippen LogP contribution in [-0.2, 0) is 0 Å². The van der Waals surface area contributed by atoms with Crippen LogP contribution in [0.25, 0.3) is 11.3 Å². The number of nitrogens with one attached hydrogen (secondary N) is 1. The summed E-state index contributed by atoms with van der Waals surface area (Å²) in [5, 5.41) is 7.60. The van der Waals surface area contributed by atoms with Crippen LogP contribution in [0.4, 0.5) is 5.69 Å². The van der Waals surface area contributed by atoms with Crippen molar-refractivity contribution in [3.63, 3.8) is 0 Å². The van der Waals surface area contributed by atoms with Gasteiger partial charge in [-0.3, -0.25) is 4.79 Å². The van der Waals surface area contributed by atoms with Crippen molar-refractivity contribution in [2.24, 2.45) is 0 Å². The molecule has 8 heteroatoms. The normalized spacial score (nSPS) is 10.6. The Morgan fingerprint density at radius 3 is 2.25 bits per heavy atom. The van der Waals surface area contributed by atoms with Gasteiger partial charge < -0.3 is 19.3 Å². The van der Waals surface area contributed by atoms with E-state index in [2.05, 4.69) is 10.5 Å². The minimum absolute atomic E-state index is 0.259. The van der Waals surface area contributed by atoms with E-state index < -0.39 is 5.91 Å². The number of nitrogens with zero attached hydrogens (tertiary/aromatic N) is 1. The Morgan fingerprint density at radius 1 is 0.938 bits per heavy atom. The maximum Gasteiger partial charge on any atom is 0.261 e. The number of rotatable bonds is 6. The van der Waals surface area contributed by atoms with Gasteiger partial charge in [0.1, 0.15) is 22.8 Å². The lowest BCUT2D eigenvalue weighted by molar-refractivity contribution is 0.102. The topological polar surface area (TPSA) is 73.6 Å². The van der Waals surface area contributed by atoms with Gasteiger partial charge in [0.2, 0.25) is 0 Å². The van der Waals surface area contributed by atoms with Gasteiger partial charge >= 0.3 is 0 Å². The second-order valence-electron chi connectivity index (χ2n) is 6.79. The molecule has 1 aromatic heterocycles. The third-order valence-electron chi connectivity index (χ3n) is 4.70. The smallest absolute Gasteiger partial charge is 0.261 e. The predicted octanol–water partition coefficient (Wildman–Crippen LogP) is 7.01. The van der Waals surface area contributed by atoms with Crippen molar-refractivity contribution in [2.45, 2.75) is 6.92 Å². The molecule has 162 valence electrons. The Hall–Kier alpha value is -3.48. The summed E-state index contributed by atoms with van der Waals surface area (Å²) in [5.74, 6) is 1.77. The lowest BCUT2D eigenvalue weighted by atomic mass is 10.1. The third kappa shape index (κ3) is 4.42. The van der Waals surface area contributed by atoms with Crippen LogP contribution < -0.4 is 14.8 Å². The number of carbonyl (C=O) groups excluding carboxylic acids is 1. The van der Waals surface area contributed by atoms with Crippen LogP contribution in [-0.4, -0.2) is 18.2 Å². The van der Waals surface area contributed by atoms with E-state index >= 15 is 0 Å². The summed E-state index contributed by atoms with van der Waals surface area (Å²) in [7, 11) is 1.58. The van der Waals surface area contributed by atoms with Crippen molar-refractivity contribution in [1.29, 1.82) is 0 Å². The Kier molecular flexibility index (Phi) is 6.35. The highest BCUT2D eigenvalue weighted by atomic mass is 35.5. The minimum Gasteiger partial charge on any atom is -0.493 e. The van der Waals surface area contributed by atoms with Gasteiger partial charge in [0.05, 0.1) is 17.2 Å². The van der Waals surface area contributed by atoms with Gasteiger partial charge in [0.15, 0.2) is 11.5 Å². The van der Waals surface area contributed by atoms with Crippen molar-refractivity contribution in [3.05, 3.63) is 88.1 Å². The molecule has 1 heterocycles. The zero-order chi connectivity index (χ0) is 22.7. The largest absolute Gasteiger partial charge is 0.493 e. The molecule has 3 aromatic carbocycles. The van der Waals surface area contributed by atoms with Gasteiger partial charge in [-0.15, -0.1) is 0 Å². The van der Waals surface area contributed by atoms with Crippen molar-refractivity contribution in [3.8, 4) is 28.5 Å². The maximum absolute atomic E-state index is 13.0. The first-order valence-corrected chi connectivity index (χ1v) is 10.4. The van der Waals surface area contributed by atoms with E-state index in [0.29, 0.717) is 44.3 Å². The van der Waals surface area contributed by atoms with Crippen molar-refractivity contribution in [2.75, 3.05) is 12.4 Å². The lowest BCUT2D eigenvalue weighted by Crippen LogP contribution is -2.13. The molecule has 1 amide bonds. The molecule has 0 unspecified atom stereocenters. The first kappa shape index (κ1) is 21.7. The Labute approximate surface area is 194 Å². The molecule has 0 atom stereocenters. The number of aromatic nitrogens is 1. The molecule has 0 bridgehead atoms. The van der Waals surface area contributed by atoms with Crippen molar-refractivity contribution >= 4 is 34.8 Å². The molecule has 0 saturated carbocycles. The highest BCUT2D eigenvalue weighted by Crippen LogP contribution is 2.37. The van der Waals surface area contributed by atoms with E-state index in [-0.39, 0.29) is 11.3 Å². The molecular weight excluding hydrogens is 451 g/mol. The Morgan fingerprint density at radius 2 is 1.59 bits per heavy atom. The third-order valence-corrected chi connectivity index (χ3v) is 5.33. The van der Waals surface area contributed by atoms with E-state index in [1.807, 2.05) is 24.3 Å². The second kappa shape index (κ2) is 9.34. The molecule has 1 N–H and O–H groups in total. The van der Waals surface area contributed by atoms with Crippen LogP contribution in [0.2, 0.25) is 10.0 Å². The quantitative estimate of drug-likeness (QED) is 0.329. The summed E-state index contributed by atoms with van der Waals surface area (Å²) in [6.07, 6.45) is 0. The summed E-state index contributed by atoms with van der Waals surface area (Å²) in [5.41, 5.74) is 1.55. The molecule has 0 saturated heterocycles. The van der Waals surface area contributed by atoms with E-state index in [0.717, 1.165) is 0 Å². The zero-order valence-corrected chi connectivity index (χ0v) is 18.7. The number of ether oxygens (including phenoxy) is 2. The highest BCUT2D eigenvalue weighted by molar-refractivity contribution is 6.39. The van der Waals surface area contributed by atoms with Crippen LogP contribution in [0.15, 0.2) is 71.3 Å². The molecule has 0 spiro atoms. The number of halogens is 2. The van der Waals surface area contributed by atoms with Gasteiger partial charge in [-0.25, -0.2) is 0 Å². The van der Waals surface area contributed by atoms with E-state index in [1.54, 1.807) is 56.5 Å². The summed E-state index contributed by atoms with van der Waals surface area (Å²) < 4.78 is 16.4. The summed E-state index contributed by atoms with van der Waals surface area (Å²) in [6, 6.07) is 19.4. The van der Waals surface area contributed by atoms with Gasteiger partial charge in [0.25, 0.3) is 5.91 Å². The van der Waals surface area contributed by atoms with Gasteiger partial charge in [-0.2, -0.15) is 0 Å². The molecule has 0 aliphatic rings. The fourth-order valence-corrected chi connectivity index (χ4v) is 3.74. The van der Waals surface area contributed by atoms with Crippen molar-refractivity contribution in [1.82, 2.24) is 5.16 Å². The number of amides is 1. The monoisotopic (exact) mass is 468 g/mol. The van der Waals surface area contributed by atoms with Crippen LogP contribution in [0.1, 0.15) is 16.1 Å². The summed E-state index contributed by atoms with van der Waals surface area (Å²) in [6.45, 7) is 1.65. The number of benzene rings is 3. The van der Waals surface area contributed by atoms with Gasteiger partial charge in [-0.05, 0) is 55.5 Å². The highest BCUT2D eigenvalue weighted by Gasteiger charge is 2.25. The van der Waals surface area contributed by atoms with E-state index in [1.165, 1.54) is 0 Å². The molecule has 4 rings (SSSR count). The lowest BCUT2D eigenvalue weighted by Gasteiger charge is -2.11. The first-order valence-electron chi connectivity index (χ1n) is 9.61. The number of hydrogen-bond donors (Lipinski definition) is 1. The number of hydrogen-bond acceptors (Lipinski definition) is 5. The molecule has 0 aliphatic carbocycles. The van der Waals surface area contributed by atoms with Gasteiger partial charge in [0, 0.05) is 11.3 Å². The average molecular weight is 469 g/mol. The van der Waals surface area contributed by atoms with E-state index in [9.17, 15) is 4.79 Å². The number of aryl methyl sites for hydroxylation is 1. The fourth-order valence-electron chi connectivity index (χ4n) is 3.16. The fraction of sp³-hybridized carbons (Fsp3) is 0.0833. The van der Waals surface area contributed by atoms with Crippen LogP contribution in [0, 0.1) is 6.92 Å². The second-order valence-corrected chi connectivity index (χ2v) is 7.60. The van der Waals surface area contributed by atoms with Crippen LogP contribution >= 0.6 is 23.2 Å². The Bertz CT molecular complexity index is 1250. The minimum atomic E-state index is -0.395. The molecule has 4 aromatic rings. The number of anilines is 1. The predicted molar refractivity (Wildman–Crippen MR) is 124 cm³/mol. The molecule has 6 nitrogen and oxygen atoms in total. The molecule has 0 fully saturated rings. The number of methoxy groups -OCH3 is 1. The first-order chi connectivity index (χ1) is 15.5. The van der Waals surface area contributed by atoms with E-state index in [4.69, 9.17) is 37.2 Å². The Balaban J connectivity index is 1.55. The zero-order valence-electron chi connectivity index (χ0n) is 17.2. The SMILES string of the molecule is COc1ccccc1Oc1ccc(NC(=O)c2c(-c3c(Cl)cccc3Cl)noc2C)cc1. The molecule has 0 aliphatic heterocycles. The molecule has 32 heavy (non-hydrogen) atoms. The average Bonchev–Trinajstić information content (AvgIpc) is 3.16. The van der Waals surface area contributed by atoms with Crippen LogP contribution in [0.5, 0.6) is 17.2 Å². The van der Waals surface area contributed by atoms with Gasteiger partial charge in [-0.1, -0.05) is 46.6 Å². The van der Waals surface area contributed by atoms with Crippen molar-refractivity contribution < 1.29 is 18.8 Å². The maximum atomic E-state index is 13.0.